The molecule has 0 bridgehead atoms. The largest absolute Gasteiger partial charge is 0.347 e. The molecular formula is C13H24N4S. The molecule has 2 rings (SSSR count). The lowest BCUT2D eigenvalue weighted by molar-refractivity contribution is 0.386. The third-order valence-corrected chi connectivity index (χ3v) is 4.31. The highest BCUT2D eigenvalue weighted by Crippen LogP contribution is 2.26. The van der Waals surface area contributed by atoms with Crippen LogP contribution in [0.2, 0.25) is 0 Å². The smallest absolute Gasteiger partial charge is 0.205 e. The maximum absolute atomic E-state index is 4.64. The molecule has 0 spiro atoms. The van der Waals surface area contributed by atoms with Crippen molar-refractivity contribution in [3.8, 4) is 0 Å². The maximum Gasteiger partial charge on any atom is 0.205 e. The number of nitrogens with one attached hydrogen (secondary N) is 1. The average Bonchev–Trinajstić information content (AvgIpc) is 2.87. The van der Waals surface area contributed by atoms with E-state index in [4.69, 9.17) is 0 Å². The van der Waals surface area contributed by atoms with Crippen molar-refractivity contribution in [2.45, 2.75) is 39.5 Å². The van der Waals surface area contributed by atoms with Gasteiger partial charge in [-0.05, 0) is 31.8 Å². The Hall–Kier alpha value is -0.680. The molecule has 102 valence electrons. The number of rotatable bonds is 5. The van der Waals surface area contributed by atoms with Crippen LogP contribution in [0, 0.1) is 5.92 Å². The molecule has 1 aliphatic heterocycles. The minimum Gasteiger partial charge on any atom is -0.347 e. The summed E-state index contributed by atoms with van der Waals surface area (Å²) in [6.45, 7) is 11.0. The molecule has 0 amide bonds. The van der Waals surface area contributed by atoms with Gasteiger partial charge in [-0.2, -0.15) is 4.37 Å². The molecule has 1 N–H and O–H groups in total. The number of hydrogen-bond acceptors (Lipinski definition) is 5. The first-order valence-corrected chi connectivity index (χ1v) is 7.77. The van der Waals surface area contributed by atoms with Crippen LogP contribution in [0.25, 0.3) is 0 Å². The third kappa shape index (κ3) is 3.42. The van der Waals surface area contributed by atoms with Gasteiger partial charge in [-0.3, -0.25) is 0 Å². The standard InChI is InChI=1S/C13H24N4S/c1-4-14-9-11-5-7-17(8-6-11)13-15-12(10(2)3)16-18-13/h10-11,14H,4-9H2,1-3H3. The molecule has 0 radical (unpaired) electrons. The lowest BCUT2D eigenvalue weighted by atomic mass is 9.97. The van der Waals surface area contributed by atoms with Crippen molar-refractivity contribution in [1.82, 2.24) is 14.7 Å². The fraction of sp³-hybridized carbons (Fsp3) is 0.846. The van der Waals surface area contributed by atoms with Crippen molar-refractivity contribution < 1.29 is 0 Å². The Labute approximate surface area is 114 Å². The van der Waals surface area contributed by atoms with E-state index in [9.17, 15) is 0 Å². The predicted molar refractivity (Wildman–Crippen MR) is 77.5 cm³/mol. The number of hydrogen-bond donors (Lipinski definition) is 1. The van der Waals surface area contributed by atoms with E-state index in [2.05, 4.69) is 40.3 Å². The highest BCUT2D eigenvalue weighted by atomic mass is 32.1. The van der Waals surface area contributed by atoms with Crippen molar-refractivity contribution in [2.75, 3.05) is 31.1 Å². The van der Waals surface area contributed by atoms with Crippen LogP contribution >= 0.6 is 11.5 Å². The molecular weight excluding hydrogens is 244 g/mol. The van der Waals surface area contributed by atoms with Crippen molar-refractivity contribution in [1.29, 1.82) is 0 Å². The summed E-state index contributed by atoms with van der Waals surface area (Å²) in [7, 11) is 0. The Morgan fingerprint density at radius 1 is 1.39 bits per heavy atom. The van der Waals surface area contributed by atoms with Crippen molar-refractivity contribution >= 4 is 16.7 Å². The zero-order chi connectivity index (χ0) is 13.0. The molecule has 0 aliphatic carbocycles. The van der Waals surface area contributed by atoms with Crippen LogP contribution in [-0.4, -0.2) is 35.5 Å². The molecule has 1 aromatic heterocycles. The van der Waals surface area contributed by atoms with E-state index in [0.29, 0.717) is 5.92 Å². The second kappa shape index (κ2) is 6.48. The SMILES string of the molecule is CCNCC1CCN(c2nc(C(C)C)ns2)CC1. The first kappa shape index (κ1) is 13.7. The number of nitrogens with zero attached hydrogens (tertiary/aromatic N) is 3. The summed E-state index contributed by atoms with van der Waals surface area (Å²) in [5.74, 6) is 2.25. The van der Waals surface area contributed by atoms with Crippen molar-refractivity contribution in [3.05, 3.63) is 5.82 Å². The summed E-state index contributed by atoms with van der Waals surface area (Å²) >= 11 is 1.55. The molecule has 18 heavy (non-hydrogen) atoms. The van der Waals surface area contributed by atoms with Gasteiger partial charge in [-0.1, -0.05) is 20.8 Å². The summed E-state index contributed by atoms with van der Waals surface area (Å²) < 4.78 is 4.44. The van der Waals surface area contributed by atoms with Gasteiger partial charge in [-0.25, -0.2) is 4.98 Å². The molecule has 1 aliphatic rings. The lowest BCUT2D eigenvalue weighted by Crippen LogP contribution is -2.37. The van der Waals surface area contributed by atoms with E-state index in [1.54, 1.807) is 11.5 Å². The lowest BCUT2D eigenvalue weighted by Gasteiger charge is -2.31. The molecule has 0 saturated carbocycles. The molecule has 1 fully saturated rings. The van der Waals surface area contributed by atoms with Gasteiger partial charge in [0, 0.05) is 30.5 Å². The average molecular weight is 268 g/mol. The van der Waals surface area contributed by atoms with Crippen LogP contribution < -0.4 is 10.2 Å². The Balaban J connectivity index is 1.85. The zero-order valence-electron chi connectivity index (χ0n) is 11.6. The third-order valence-electron chi connectivity index (χ3n) is 3.52. The number of aromatic nitrogens is 2. The second-order valence-electron chi connectivity index (χ2n) is 5.33. The van der Waals surface area contributed by atoms with Gasteiger partial charge in [0.25, 0.3) is 0 Å². The molecule has 0 aromatic carbocycles. The van der Waals surface area contributed by atoms with E-state index < -0.39 is 0 Å². The summed E-state index contributed by atoms with van der Waals surface area (Å²) in [5, 5.41) is 4.56. The molecule has 1 aromatic rings. The Bertz CT molecular complexity index is 356. The van der Waals surface area contributed by atoms with Gasteiger partial charge < -0.3 is 10.2 Å². The van der Waals surface area contributed by atoms with Crippen LogP contribution in [0.5, 0.6) is 0 Å². The van der Waals surface area contributed by atoms with E-state index >= 15 is 0 Å². The van der Waals surface area contributed by atoms with E-state index in [1.165, 1.54) is 12.8 Å². The van der Waals surface area contributed by atoms with E-state index in [1.807, 2.05) is 0 Å². The normalized spacial score (nSPS) is 17.7. The quantitative estimate of drug-likeness (QED) is 0.891. The fourth-order valence-corrected chi connectivity index (χ4v) is 3.13. The number of piperidine rings is 1. The molecule has 4 nitrogen and oxygen atoms in total. The van der Waals surface area contributed by atoms with Gasteiger partial charge in [0.15, 0.2) is 0 Å². The van der Waals surface area contributed by atoms with E-state index in [0.717, 1.165) is 43.1 Å². The highest BCUT2D eigenvalue weighted by Gasteiger charge is 2.21. The highest BCUT2D eigenvalue weighted by molar-refractivity contribution is 7.09. The molecule has 0 atom stereocenters. The van der Waals surface area contributed by atoms with Gasteiger partial charge in [0.05, 0.1) is 0 Å². The van der Waals surface area contributed by atoms with Crippen LogP contribution in [0.1, 0.15) is 45.4 Å². The van der Waals surface area contributed by atoms with Crippen LogP contribution in [0.15, 0.2) is 0 Å². The first-order valence-electron chi connectivity index (χ1n) is 7.00. The van der Waals surface area contributed by atoms with Gasteiger partial charge in [0.2, 0.25) is 5.13 Å². The van der Waals surface area contributed by atoms with E-state index in [-0.39, 0.29) is 0 Å². The van der Waals surface area contributed by atoms with Crippen LogP contribution in [0.4, 0.5) is 5.13 Å². The van der Waals surface area contributed by atoms with Crippen LogP contribution in [-0.2, 0) is 0 Å². The summed E-state index contributed by atoms with van der Waals surface area (Å²) in [5.41, 5.74) is 0. The summed E-state index contributed by atoms with van der Waals surface area (Å²) in [6.07, 6.45) is 2.53. The van der Waals surface area contributed by atoms with Crippen molar-refractivity contribution in [2.24, 2.45) is 5.92 Å². The van der Waals surface area contributed by atoms with Crippen molar-refractivity contribution in [3.63, 3.8) is 0 Å². The fourth-order valence-electron chi connectivity index (χ4n) is 2.27. The summed E-state index contributed by atoms with van der Waals surface area (Å²) in [6, 6.07) is 0. The topological polar surface area (TPSA) is 41.0 Å². The Kier molecular flexibility index (Phi) is 4.95. The Morgan fingerprint density at radius 3 is 2.67 bits per heavy atom. The van der Waals surface area contributed by atoms with Gasteiger partial charge >= 0.3 is 0 Å². The molecule has 0 unspecified atom stereocenters. The monoisotopic (exact) mass is 268 g/mol. The minimum absolute atomic E-state index is 0.432. The minimum atomic E-state index is 0.432. The summed E-state index contributed by atoms with van der Waals surface area (Å²) in [4.78, 5) is 7.03. The molecule has 2 heterocycles. The van der Waals surface area contributed by atoms with Gasteiger partial charge in [-0.15, -0.1) is 0 Å². The zero-order valence-corrected chi connectivity index (χ0v) is 12.5. The maximum atomic E-state index is 4.64. The van der Waals surface area contributed by atoms with Gasteiger partial charge in [0.1, 0.15) is 5.82 Å². The number of anilines is 1. The molecule has 1 saturated heterocycles. The Morgan fingerprint density at radius 2 is 2.11 bits per heavy atom. The molecule has 5 heteroatoms. The van der Waals surface area contributed by atoms with Crippen LogP contribution in [0.3, 0.4) is 0 Å². The second-order valence-corrected chi connectivity index (χ2v) is 6.06. The first-order chi connectivity index (χ1) is 8.70. The predicted octanol–water partition coefficient (Wildman–Crippen LogP) is 2.49.